The van der Waals surface area contributed by atoms with Crippen molar-refractivity contribution in [2.45, 2.75) is 0 Å². The van der Waals surface area contributed by atoms with Gasteiger partial charge in [-0.3, -0.25) is 0 Å². The van der Waals surface area contributed by atoms with Gasteiger partial charge >= 0.3 is 0 Å². The molecule has 0 saturated carbocycles. The van der Waals surface area contributed by atoms with Gasteiger partial charge < -0.3 is 4.74 Å². The Kier molecular flexibility index (Phi) is 2.66. The van der Waals surface area contributed by atoms with Crippen LogP contribution in [0.25, 0.3) is 6.08 Å². The molecular weight excluding hydrogens is 143 g/mol. The maximum absolute atomic E-state index is 11.6. The van der Waals surface area contributed by atoms with E-state index in [9.17, 15) is 4.39 Å². The van der Waals surface area contributed by atoms with Gasteiger partial charge in [0.15, 0.2) is 0 Å². The molecule has 0 N–H and O–H groups in total. The van der Waals surface area contributed by atoms with Crippen LogP contribution in [0.4, 0.5) is 4.39 Å². The molecule has 0 spiro atoms. The lowest BCUT2D eigenvalue weighted by molar-refractivity contribution is 0.192. The van der Waals surface area contributed by atoms with Crippen molar-refractivity contribution in [2.24, 2.45) is 0 Å². The van der Waals surface area contributed by atoms with Gasteiger partial charge in [-0.15, -0.1) is 0 Å². The van der Waals surface area contributed by atoms with E-state index in [2.05, 4.69) is 11.3 Å². The second-order valence-electron chi connectivity index (χ2n) is 2.03. The predicted octanol–water partition coefficient (Wildman–Crippen LogP) is 2.64. The van der Waals surface area contributed by atoms with Crippen LogP contribution in [0.1, 0.15) is 5.56 Å². The van der Waals surface area contributed by atoms with Crippen LogP contribution in [0.5, 0.6) is 5.75 Å². The van der Waals surface area contributed by atoms with Crippen molar-refractivity contribution >= 4 is 6.08 Å². The van der Waals surface area contributed by atoms with Crippen LogP contribution in [0, 0.1) is 0 Å². The first-order valence-electron chi connectivity index (χ1n) is 3.28. The molecule has 0 aliphatic heterocycles. The first-order valence-corrected chi connectivity index (χ1v) is 3.28. The fraction of sp³-hybridized carbons (Fsp3) is 0.111. The summed E-state index contributed by atoms with van der Waals surface area (Å²) in [4.78, 5) is 0. The summed E-state index contributed by atoms with van der Waals surface area (Å²) in [6.45, 7) is 2.81. The second kappa shape index (κ2) is 3.76. The summed E-state index contributed by atoms with van der Waals surface area (Å²) >= 11 is 0. The quantitative estimate of drug-likeness (QED) is 0.647. The molecule has 1 aromatic carbocycles. The van der Waals surface area contributed by atoms with Crippen LogP contribution in [0.3, 0.4) is 0 Å². The number of hydrogen-bond donors (Lipinski definition) is 0. The molecule has 0 bridgehead atoms. The van der Waals surface area contributed by atoms with Gasteiger partial charge in [0, 0.05) is 0 Å². The average molecular weight is 152 g/mol. The highest BCUT2D eigenvalue weighted by atomic mass is 19.1. The maximum atomic E-state index is 11.6. The summed E-state index contributed by atoms with van der Waals surface area (Å²) in [5.74, 6) is 0.540. The van der Waals surface area contributed by atoms with Gasteiger partial charge in [-0.25, -0.2) is 4.39 Å². The highest BCUT2D eigenvalue weighted by molar-refractivity contribution is 5.48. The normalized spacial score (nSPS) is 9.18. The van der Waals surface area contributed by atoms with Crippen LogP contribution in [-0.4, -0.2) is 6.86 Å². The van der Waals surface area contributed by atoms with E-state index in [0.29, 0.717) is 5.75 Å². The van der Waals surface area contributed by atoms with E-state index in [-0.39, 0.29) is 0 Å². The average Bonchev–Trinajstić information content (AvgIpc) is 2.07. The topological polar surface area (TPSA) is 9.23 Å². The van der Waals surface area contributed by atoms with Gasteiger partial charge in [-0.1, -0.05) is 24.8 Å². The second-order valence-corrected chi connectivity index (χ2v) is 2.03. The molecule has 11 heavy (non-hydrogen) atoms. The minimum absolute atomic E-state index is 0.540. The van der Waals surface area contributed by atoms with E-state index < -0.39 is 6.86 Å². The van der Waals surface area contributed by atoms with E-state index >= 15 is 0 Å². The maximum Gasteiger partial charge on any atom is 0.228 e. The van der Waals surface area contributed by atoms with Crippen molar-refractivity contribution in [3.8, 4) is 5.75 Å². The lowest BCUT2D eigenvalue weighted by Gasteiger charge is -1.99. The fourth-order valence-electron chi connectivity index (χ4n) is 0.763. The molecular formula is C9H9FO. The van der Waals surface area contributed by atoms with Gasteiger partial charge in [0.2, 0.25) is 6.86 Å². The fourth-order valence-corrected chi connectivity index (χ4v) is 0.763. The minimum Gasteiger partial charge on any atom is -0.463 e. The van der Waals surface area contributed by atoms with Crippen molar-refractivity contribution in [2.75, 3.05) is 6.86 Å². The third-order valence-electron chi connectivity index (χ3n) is 1.34. The van der Waals surface area contributed by atoms with E-state index in [4.69, 9.17) is 0 Å². The molecule has 0 aliphatic carbocycles. The number of ether oxygens (including phenoxy) is 1. The van der Waals surface area contributed by atoms with Crippen molar-refractivity contribution in [1.29, 1.82) is 0 Å². The molecule has 0 heterocycles. The Morgan fingerprint density at radius 3 is 2.45 bits per heavy atom. The Hall–Kier alpha value is -1.31. The van der Waals surface area contributed by atoms with Crippen LogP contribution in [0.15, 0.2) is 30.8 Å². The largest absolute Gasteiger partial charge is 0.463 e. The molecule has 0 amide bonds. The Bertz CT molecular complexity index is 228. The molecule has 0 aromatic heterocycles. The van der Waals surface area contributed by atoms with Gasteiger partial charge in [0.25, 0.3) is 0 Å². The van der Waals surface area contributed by atoms with Gasteiger partial charge in [0.05, 0.1) is 0 Å². The molecule has 1 rings (SSSR count). The van der Waals surface area contributed by atoms with Crippen molar-refractivity contribution in [3.63, 3.8) is 0 Å². The van der Waals surface area contributed by atoms with Gasteiger partial charge in [-0.2, -0.15) is 0 Å². The summed E-state index contributed by atoms with van der Waals surface area (Å²) in [7, 11) is 0. The predicted molar refractivity (Wildman–Crippen MR) is 43.1 cm³/mol. The molecule has 0 aliphatic rings. The number of benzene rings is 1. The zero-order valence-corrected chi connectivity index (χ0v) is 6.09. The standard InChI is InChI=1S/C9H9FO/c1-2-8-3-5-9(6-4-8)11-7-10/h2-6H,1,7H2. The molecule has 2 heteroatoms. The molecule has 0 unspecified atom stereocenters. The summed E-state index contributed by atoms with van der Waals surface area (Å²) in [6.07, 6.45) is 1.72. The van der Waals surface area contributed by atoms with Crippen molar-refractivity contribution < 1.29 is 9.13 Å². The van der Waals surface area contributed by atoms with E-state index in [1.807, 2.05) is 12.1 Å². The Morgan fingerprint density at radius 2 is 2.00 bits per heavy atom. The minimum atomic E-state index is -0.784. The van der Waals surface area contributed by atoms with Crippen LogP contribution >= 0.6 is 0 Å². The molecule has 0 saturated heterocycles. The van der Waals surface area contributed by atoms with E-state index in [0.717, 1.165) is 5.56 Å². The first kappa shape index (κ1) is 7.79. The third kappa shape index (κ3) is 2.08. The zero-order chi connectivity index (χ0) is 8.10. The molecule has 58 valence electrons. The van der Waals surface area contributed by atoms with Crippen LogP contribution < -0.4 is 4.74 Å². The summed E-state index contributed by atoms with van der Waals surface area (Å²) in [6, 6.07) is 7.04. The van der Waals surface area contributed by atoms with Crippen LogP contribution in [-0.2, 0) is 0 Å². The first-order chi connectivity index (χ1) is 5.36. The summed E-state index contributed by atoms with van der Waals surface area (Å²) in [5.41, 5.74) is 0.996. The van der Waals surface area contributed by atoms with E-state index in [1.165, 1.54) is 0 Å². The van der Waals surface area contributed by atoms with Crippen molar-refractivity contribution in [1.82, 2.24) is 0 Å². The monoisotopic (exact) mass is 152 g/mol. The number of rotatable bonds is 3. The number of hydrogen-bond acceptors (Lipinski definition) is 1. The SMILES string of the molecule is C=Cc1ccc(OCF)cc1. The molecule has 0 atom stereocenters. The lowest BCUT2D eigenvalue weighted by atomic mass is 10.2. The van der Waals surface area contributed by atoms with Gasteiger partial charge in [0.1, 0.15) is 5.75 Å². The van der Waals surface area contributed by atoms with Crippen molar-refractivity contribution in [3.05, 3.63) is 36.4 Å². The Balaban J connectivity index is 2.74. The highest BCUT2D eigenvalue weighted by Crippen LogP contribution is 2.12. The highest BCUT2D eigenvalue weighted by Gasteiger charge is 1.90. The zero-order valence-electron chi connectivity index (χ0n) is 6.09. The molecule has 1 aromatic rings. The molecule has 1 nitrogen and oxygen atoms in total. The third-order valence-corrected chi connectivity index (χ3v) is 1.34. The van der Waals surface area contributed by atoms with Crippen LogP contribution in [0.2, 0.25) is 0 Å². The smallest absolute Gasteiger partial charge is 0.228 e. The summed E-state index contributed by atoms with van der Waals surface area (Å²) < 4.78 is 16.2. The van der Waals surface area contributed by atoms with Gasteiger partial charge in [-0.05, 0) is 17.7 Å². The lowest BCUT2D eigenvalue weighted by Crippen LogP contribution is -1.88. The van der Waals surface area contributed by atoms with E-state index in [1.54, 1.807) is 18.2 Å². The summed E-state index contributed by atoms with van der Waals surface area (Å²) in [5, 5.41) is 0. The number of alkyl halides is 1. The molecule has 0 radical (unpaired) electrons. The Morgan fingerprint density at radius 1 is 1.36 bits per heavy atom. The number of halogens is 1. The Labute approximate surface area is 65.1 Å². The molecule has 0 fully saturated rings.